The maximum Gasteiger partial charge on any atom is 0.305 e. The lowest BCUT2D eigenvalue weighted by Gasteiger charge is -2.17. The van der Waals surface area contributed by atoms with E-state index in [1.807, 2.05) is 0 Å². The smallest absolute Gasteiger partial charge is 0.305 e. The first kappa shape index (κ1) is 17.4. The highest BCUT2D eigenvalue weighted by Crippen LogP contribution is 2.03. The number of hydrogen-bond acceptors (Lipinski definition) is 3. The zero-order chi connectivity index (χ0) is 13.6. The average Bonchev–Trinajstić information content (AvgIpc) is 2.39. The maximum absolute atomic E-state index is 11.4. The summed E-state index contributed by atoms with van der Waals surface area (Å²) in [4.78, 5) is 13.8. The number of rotatable bonds is 12. The van der Waals surface area contributed by atoms with Gasteiger partial charge < -0.3 is 9.64 Å². The molecule has 0 fully saturated rings. The number of carbonyl (C=O) groups excluding carboxylic acids is 1. The largest absolute Gasteiger partial charge is 0.466 e. The SMILES string of the molecule is CCCCCCCOC(=O)CCCN(CC)CC. The molecule has 0 spiro atoms. The molecule has 0 saturated carbocycles. The molecule has 0 bridgehead atoms. The Hall–Kier alpha value is -0.570. The van der Waals surface area contributed by atoms with Crippen LogP contribution >= 0.6 is 0 Å². The summed E-state index contributed by atoms with van der Waals surface area (Å²) in [5.74, 6) is -0.0300. The Kier molecular flexibility index (Phi) is 12.5. The second kappa shape index (κ2) is 12.9. The normalized spacial score (nSPS) is 10.9. The summed E-state index contributed by atoms with van der Waals surface area (Å²) in [7, 11) is 0. The van der Waals surface area contributed by atoms with Crippen molar-refractivity contribution in [3.05, 3.63) is 0 Å². The quantitative estimate of drug-likeness (QED) is 0.395. The van der Waals surface area contributed by atoms with Crippen molar-refractivity contribution in [3.63, 3.8) is 0 Å². The summed E-state index contributed by atoms with van der Waals surface area (Å²) < 4.78 is 5.21. The van der Waals surface area contributed by atoms with Crippen molar-refractivity contribution in [3.8, 4) is 0 Å². The predicted octanol–water partition coefficient (Wildman–Crippen LogP) is 3.62. The molecular formula is C15H31NO2. The Morgan fingerprint density at radius 1 is 0.944 bits per heavy atom. The molecule has 3 heteroatoms. The Labute approximate surface area is 113 Å². The van der Waals surface area contributed by atoms with Crippen LogP contribution in [0.5, 0.6) is 0 Å². The van der Waals surface area contributed by atoms with Crippen LogP contribution in [0.15, 0.2) is 0 Å². The minimum atomic E-state index is -0.0300. The zero-order valence-corrected chi connectivity index (χ0v) is 12.5. The van der Waals surface area contributed by atoms with Gasteiger partial charge in [-0.05, 0) is 32.5 Å². The van der Waals surface area contributed by atoms with Gasteiger partial charge in [-0.3, -0.25) is 4.79 Å². The number of nitrogens with zero attached hydrogens (tertiary/aromatic N) is 1. The molecule has 18 heavy (non-hydrogen) atoms. The second-order valence-corrected chi connectivity index (χ2v) is 4.77. The molecule has 0 rings (SSSR count). The van der Waals surface area contributed by atoms with Gasteiger partial charge in [-0.25, -0.2) is 0 Å². The van der Waals surface area contributed by atoms with E-state index < -0.39 is 0 Å². The number of ether oxygens (including phenoxy) is 1. The summed E-state index contributed by atoms with van der Waals surface area (Å²) in [5.41, 5.74) is 0. The first-order valence-corrected chi connectivity index (χ1v) is 7.62. The molecule has 0 amide bonds. The van der Waals surface area contributed by atoms with Crippen molar-refractivity contribution in [2.45, 2.75) is 65.7 Å². The van der Waals surface area contributed by atoms with Crippen molar-refractivity contribution < 1.29 is 9.53 Å². The fourth-order valence-electron chi connectivity index (χ4n) is 1.95. The third kappa shape index (κ3) is 10.6. The highest BCUT2D eigenvalue weighted by Gasteiger charge is 2.04. The Balaban J connectivity index is 3.32. The van der Waals surface area contributed by atoms with Gasteiger partial charge in [0.25, 0.3) is 0 Å². The van der Waals surface area contributed by atoms with E-state index in [4.69, 9.17) is 4.74 Å². The zero-order valence-electron chi connectivity index (χ0n) is 12.5. The summed E-state index contributed by atoms with van der Waals surface area (Å²) in [6, 6.07) is 0. The van der Waals surface area contributed by atoms with Gasteiger partial charge in [0.1, 0.15) is 0 Å². The van der Waals surface area contributed by atoms with Crippen LogP contribution in [-0.4, -0.2) is 37.1 Å². The minimum absolute atomic E-state index is 0.0300. The van der Waals surface area contributed by atoms with E-state index in [9.17, 15) is 4.79 Å². The third-order valence-corrected chi connectivity index (χ3v) is 3.26. The number of hydrogen-bond donors (Lipinski definition) is 0. The molecular weight excluding hydrogens is 226 g/mol. The van der Waals surface area contributed by atoms with E-state index in [-0.39, 0.29) is 5.97 Å². The van der Waals surface area contributed by atoms with Gasteiger partial charge in [0.2, 0.25) is 0 Å². The van der Waals surface area contributed by atoms with Crippen LogP contribution in [0.4, 0.5) is 0 Å². The van der Waals surface area contributed by atoms with Crippen molar-refractivity contribution in [1.29, 1.82) is 0 Å². The lowest BCUT2D eigenvalue weighted by atomic mass is 10.2. The molecule has 0 heterocycles. The minimum Gasteiger partial charge on any atom is -0.466 e. The van der Waals surface area contributed by atoms with Gasteiger partial charge in [-0.15, -0.1) is 0 Å². The first-order valence-electron chi connectivity index (χ1n) is 7.62. The van der Waals surface area contributed by atoms with Crippen LogP contribution in [0.25, 0.3) is 0 Å². The molecule has 0 radical (unpaired) electrons. The van der Waals surface area contributed by atoms with E-state index >= 15 is 0 Å². The number of carbonyl (C=O) groups is 1. The first-order chi connectivity index (χ1) is 8.74. The molecule has 0 aromatic rings. The van der Waals surface area contributed by atoms with Gasteiger partial charge >= 0.3 is 5.97 Å². The van der Waals surface area contributed by atoms with E-state index in [2.05, 4.69) is 25.7 Å². The van der Waals surface area contributed by atoms with Crippen LogP contribution in [0.3, 0.4) is 0 Å². The summed E-state index contributed by atoms with van der Waals surface area (Å²) in [6.07, 6.45) is 7.48. The molecule has 0 saturated heterocycles. The van der Waals surface area contributed by atoms with Crippen molar-refractivity contribution >= 4 is 5.97 Å². The summed E-state index contributed by atoms with van der Waals surface area (Å²) in [5, 5.41) is 0. The van der Waals surface area contributed by atoms with Crippen LogP contribution in [0.1, 0.15) is 65.7 Å². The maximum atomic E-state index is 11.4. The molecule has 108 valence electrons. The molecule has 0 atom stereocenters. The van der Waals surface area contributed by atoms with Crippen LogP contribution < -0.4 is 0 Å². The standard InChI is InChI=1S/C15H31NO2/c1-4-7-8-9-10-14-18-15(17)12-11-13-16(5-2)6-3/h4-14H2,1-3H3. The summed E-state index contributed by atoms with van der Waals surface area (Å²) in [6.45, 7) is 10.2. The fourth-order valence-corrected chi connectivity index (χ4v) is 1.95. The molecule has 0 aliphatic heterocycles. The topological polar surface area (TPSA) is 29.5 Å². The van der Waals surface area contributed by atoms with E-state index in [0.29, 0.717) is 13.0 Å². The predicted molar refractivity (Wildman–Crippen MR) is 76.7 cm³/mol. The highest BCUT2D eigenvalue weighted by atomic mass is 16.5. The second-order valence-electron chi connectivity index (χ2n) is 4.77. The lowest BCUT2D eigenvalue weighted by molar-refractivity contribution is -0.143. The van der Waals surface area contributed by atoms with Gasteiger partial charge in [0, 0.05) is 6.42 Å². The van der Waals surface area contributed by atoms with Gasteiger partial charge in [0.15, 0.2) is 0 Å². The van der Waals surface area contributed by atoms with E-state index in [1.54, 1.807) is 0 Å². The number of esters is 1. The Morgan fingerprint density at radius 2 is 1.61 bits per heavy atom. The monoisotopic (exact) mass is 257 g/mol. The van der Waals surface area contributed by atoms with Crippen molar-refractivity contribution in [1.82, 2.24) is 4.90 Å². The molecule has 0 aromatic heterocycles. The molecule has 3 nitrogen and oxygen atoms in total. The summed E-state index contributed by atoms with van der Waals surface area (Å²) >= 11 is 0. The van der Waals surface area contributed by atoms with E-state index in [0.717, 1.165) is 32.5 Å². The van der Waals surface area contributed by atoms with Crippen LogP contribution in [0, 0.1) is 0 Å². The molecule has 0 aliphatic rings. The van der Waals surface area contributed by atoms with Crippen LogP contribution in [-0.2, 0) is 9.53 Å². The van der Waals surface area contributed by atoms with Crippen LogP contribution in [0.2, 0.25) is 0 Å². The Morgan fingerprint density at radius 3 is 2.22 bits per heavy atom. The van der Waals surface area contributed by atoms with Gasteiger partial charge in [0.05, 0.1) is 6.61 Å². The highest BCUT2D eigenvalue weighted by molar-refractivity contribution is 5.69. The molecule has 0 aliphatic carbocycles. The average molecular weight is 257 g/mol. The lowest BCUT2D eigenvalue weighted by Crippen LogP contribution is -2.24. The number of unbranched alkanes of at least 4 members (excludes halogenated alkanes) is 4. The van der Waals surface area contributed by atoms with Gasteiger partial charge in [-0.1, -0.05) is 46.5 Å². The van der Waals surface area contributed by atoms with Crippen molar-refractivity contribution in [2.75, 3.05) is 26.2 Å². The molecule has 0 aromatic carbocycles. The molecule has 0 unspecified atom stereocenters. The van der Waals surface area contributed by atoms with Crippen molar-refractivity contribution in [2.24, 2.45) is 0 Å². The fraction of sp³-hybridized carbons (Fsp3) is 0.933. The van der Waals surface area contributed by atoms with E-state index in [1.165, 1.54) is 25.7 Å². The molecule has 0 N–H and O–H groups in total. The third-order valence-electron chi connectivity index (χ3n) is 3.26. The Bertz CT molecular complexity index is 191. The van der Waals surface area contributed by atoms with Gasteiger partial charge in [-0.2, -0.15) is 0 Å².